The predicted molar refractivity (Wildman–Crippen MR) is 241 cm³/mol. The number of benzene rings is 5. The van der Waals surface area contributed by atoms with Gasteiger partial charge in [-0.3, -0.25) is 9.59 Å². The van der Waals surface area contributed by atoms with Crippen molar-refractivity contribution in [1.29, 1.82) is 0 Å². The first kappa shape index (κ1) is 45.1. The van der Waals surface area contributed by atoms with Gasteiger partial charge in [0.05, 0.1) is 34.3 Å². The van der Waals surface area contributed by atoms with Crippen molar-refractivity contribution in [3.05, 3.63) is 161 Å². The Balaban J connectivity index is 1.05. The van der Waals surface area contributed by atoms with Gasteiger partial charge in [0.1, 0.15) is 31.0 Å². The minimum atomic E-state index is -1.09. The fraction of sp³-hybridized carbons (Fsp3) is 0.333. The fourth-order valence-corrected chi connectivity index (χ4v) is 7.56. The highest BCUT2D eigenvalue weighted by Gasteiger charge is 2.31. The van der Waals surface area contributed by atoms with Gasteiger partial charge in [-0.1, -0.05) is 121 Å². The Kier molecular flexibility index (Phi) is 15.5. The summed E-state index contributed by atoms with van der Waals surface area (Å²) in [5.41, 5.74) is 7.75. The number of nitrogens with zero attached hydrogens (tertiary/aromatic N) is 1. The molecular formula is C51H59N4O7+. The molecule has 5 aromatic rings. The van der Waals surface area contributed by atoms with Crippen molar-refractivity contribution in [3.63, 3.8) is 0 Å². The van der Waals surface area contributed by atoms with Gasteiger partial charge >= 0.3 is 12.1 Å². The maximum Gasteiger partial charge on any atom is 0.407 e. The molecule has 1 aliphatic rings. The second-order valence-corrected chi connectivity index (χ2v) is 16.9. The third-order valence-corrected chi connectivity index (χ3v) is 10.9. The lowest BCUT2D eigenvalue weighted by atomic mass is 9.98. The molecule has 0 aromatic heterocycles. The zero-order valence-electron chi connectivity index (χ0n) is 36.4. The molecule has 1 aliphatic carbocycles. The van der Waals surface area contributed by atoms with E-state index in [1.807, 2.05) is 122 Å². The summed E-state index contributed by atoms with van der Waals surface area (Å²) < 4.78 is 18.8. The van der Waals surface area contributed by atoms with Gasteiger partial charge in [0.25, 0.3) is 0 Å². The summed E-state index contributed by atoms with van der Waals surface area (Å²) in [7, 11) is 6.59. The standard InChI is InChI=1S/C51H58N4O7/c1-35-22-24-38(25-23-35)48(39-26-28-40(29-27-39)60-31-15-7-14-30-55(3,4)5)62-50(58)46(32-37-16-8-6-9-17-37)54-49(57)36(2)53-47(56)33-52-51(59)61-34-45-43-20-12-10-18-41(43)42-19-11-13-21-44(42)45/h6,8-13,16-29,36,45-46,48H,7,14-15,30-34H2,1-5H3,(H2-,52,53,54,56,57,59)/p+1. The minimum absolute atomic E-state index is 0.0987. The molecule has 6 rings (SSSR count). The van der Waals surface area contributed by atoms with Crippen molar-refractivity contribution in [1.82, 2.24) is 16.0 Å². The van der Waals surface area contributed by atoms with Crippen LogP contribution in [-0.2, 0) is 30.3 Å². The van der Waals surface area contributed by atoms with Crippen molar-refractivity contribution in [2.45, 2.75) is 63.6 Å². The van der Waals surface area contributed by atoms with Crippen LogP contribution in [0.5, 0.6) is 5.75 Å². The third kappa shape index (κ3) is 12.8. The molecule has 62 heavy (non-hydrogen) atoms. The number of hydrogen-bond acceptors (Lipinski definition) is 7. The van der Waals surface area contributed by atoms with Gasteiger partial charge in [0, 0.05) is 12.3 Å². The Labute approximate surface area is 365 Å². The Morgan fingerprint density at radius 1 is 0.694 bits per heavy atom. The summed E-state index contributed by atoms with van der Waals surface area (Å²) in [6, 6.07) is 38.5. The zero-order valence-corrected chi connectivity index (χ0v) is 36.4. The van der Waals surface area contributed by atoms with Crippen LogP contribution >= 0.6 is 0 Å². The average Bonchev–Trinajstić information content (AvgIpc) is 3.59. The smallest absolute Gasteiger partial charge is 0.407 e. The summed E-state index contributed by atoms with van der Waals surface area (Å²) in [5.74, 6) is -1.24. The zero-order chi connectivity index (χ0) is 44.1. The maximum absolute atomic E-state index is 14.2. The fourth-order valence-electron chi connectivity index (χ4n) is 7.56. The van der Waals surface area contributed by atoms with E-state index in [2.05, 4.69) is 49.2 Å². The van der Waals surface area contributed by atoms with Crippen LogP contribution in [-0.4, -0.2) is 87.9 Å². The summed E-state index contributed by atoms with van der Waals surface area (Å²) in [6.07, 6.45) is 1.81. The SMILES string of the molecule is Cc1ccc(C(OC(=O)C(Cc2ccccc2)NC(=O)C(C)NC(=O)CNC(=O)OCC2c3ccccc3-c3ccccc32)c2ccc(OCCCCC[N+](C)(C)C)cc2)cc1. The molecule has 0 fully saturated rings. The van der Waals surface area contributed by atoms with E-state index in [1.165, 1.54) is 6.92 Å². The van der Waals surface area contributed by atoms with E-state index in [-0.39, 0.29) is 18.9 Å². The summed E-state index contributed by atoms with van der Waals surface area (Å²) in [6.45, 7) is 4.91. The Bertz CT molecular complexity index is 2230. The molecule has 0 aliphatic heterocycles. The third-order valence-electron chi connectivity index (χ3n) is 10.9. The highest BCUT2D eigenvalue weighted by molar-refractivity contribution is 5.91. The van der Waals surface area contributed by atoms with Gasteiger partial charge in [-0.05, 0) is 84.2 Å². The number of quaternary nitrogens is 1. The number of aryl methyl sites for hydroxylation is 1. The number of rotatable bonds is 20. The number of ether oxygens (including phenoxy) is 3. The van der Waals surface area contributed by atoms with E-state index >= 15 is 0 Å². The number of amides is 3. The van der Waals surface area contributed by atoms with Crippen molar-refractivity contribution in [3.8, 4) is 16.9 Å². The largest absolute Gasteiger partial charge is 0.494 e. The van der Waals surface area contributed by atoms with Gasteiger partial charge < -0.3 is 34.6 Å². The van der Waals surface area contributed by atoms with E-state index in [0.717, 1.165) is 80.5 Å². The molecular weight excluding hydrogens is 781 g/mol. The van der Waals surface area contributed by atoms with E-state index in [4.69, 9.17) is 14.2 Å². The van der Waals surface area contributed by atoms with Gasteiger partial charge in [-0.2, -0.15) is 0 Å². The second kappa shape index (κ2) is 21.4. The lowest BCUT2D eigenvalue weighted by Gasteiger charge is -2.25. The van der Waals surface area contributed by atoms with Gasteiger partial charge in [-0.25, -0.2) is 9.59 Å². The number of fused-ring (bicyclic) bond motifs is 3. The minimum Gasteiger partial charge on any atom is -0.494 e. The van der Waals surface area contributed by atoms with Gasteiger partial charge in [-0.15, -0.1) is 0 Å². The first-order valence-corrected chi connectivity index (χ1v) is 21.4. The molecule has 11 nitrogen and oxygen atoms in total. The summed E-state index contributed by atoms with van der Waals surface area (Å²) in [5, 5.41) is 7.91. The number of esters is 1. The van der Waals surface area contributed by atoms with E-state index in [1.54, 1.807) is 0 Å². The van der Waals surface area contributed by atoms with E-state index in [9.17, 15) is 19.2 Å². The van der Waals surface area contributed by atoms with Crippen LogP contribution in [0.4, 0.5) is 4.79 Å². The molecule has 0 radical (unpaired) electrons. The van der Waals surface area contributed by atoms with Crippen molar-refractivity contribution in [2.75, 3.05) is 47.4 Å². The molecule has 324 valence electrons. The normalized spacial score (nSPS) is 13.4. The van der Waals surface area contributed by atoms with Crippen LogP contribution < -0.4 is 20.7 Å². The molecule has 3 unspecified atom stereocenters. The average molecular weight is 840 g/mol. The lowest BCUT2D eigenvalue weighted by Crippen LogP contribution is -2.52. The molecule has 11 heteroatoms. The molecule has 0 saturated carbocycles. The van der Waals surface area contributed by atoms with Crippen LogP contribution in [0.3, 0.4) is 0 Å². The Morgan fingerprint density at radius 2 is 1.29 bits per heavy atom. The predicted octanol–water partition coefficient (Wildman–Crippen LogP) is 7.65. The van der Waals surface area contributed by atoms with Crippen LogP contribution in [0.1, 0.15) is 71.6 Å². The monoisotopic (exact) mass is 839 g/mol. The Hall–Kier alpha value is -6.46. The first-order chi connectivity index (χ1) is 29.8. The molecule has 5 aromatic carbocycles. The van der Waals surface area contributed by atoms with Crippen LogP contribution in [0.25, 0.3) is 11.1 Å². The molecule has 3 atom stereocenters. The van der Waals surface area contributed by atoms with Gasteiger partial charge in [0.15, 0.2) is 6.10 Å². The number of carbonyl (C=O) groups excluding carboxylic acids is 4. The highest BCUT2D eigenvalue weighted by Crippen LogP contribution is 2.44. The molecule has 0 spiro atoms. The topological polar surface area (TPSA) is 132 Å². The van der Waals surface area contributed by atoms with Crippen molar-refractivity contribution < 1.29 is 37.9 Å². The lowest BCUT2D eigenvalue weighted by molar-refractivity contribution is -0.870. The molecule has 0 bridgehead atoms. The summed E-state index contributed by atoms with van der Waals surface area (Å²) in [4.78, 5) is 53.4. The molecule has 0 heterocycles. The quantitative estimate of drug-likeness (QED) is 0.0417. The molecule has 3 N–H and O–H groups in total. The number of hydrogen-bond donors (Lipinski definition) is 3. The summed E-state index contributed by atoms with van der Waals surface area (Å²) >= 11 is 0. The number of unbranched alkanes of at least 4 members (excludes halogenated alkanes) is 2. The number of alkyl carbamates (subject to hydrolysis) is 1. The number of carbonyl (C=O) groups is 4. The van der Waals surface area contributed by atoms with E-state index < -0.39 is 48.6 Å². The first-order valence-electron chi connectivity index (χ1n) is 21.4. The second-order valence-electron chi connectivity index (χ2n) is 16.9. The van der Waals surface area contributed by atoms with Gasteiger partial charge in [0.2, 0.25) is 11.8 Å². The van der Waals surface area contributed by atoms with Crippen LogP contribution in [0.2, 0.25) is 0 Å². The Morgan fingerprint density at radius 3 is 1.92 bits per heavy atom. The van der Waals surface area contributed by atoms with Crippen molar-refractivity contribution >= 4 is 23.9 Å². The maximum atomic E-state index is 14.2. The van der Waals surface area contributed by atoms with Crippen LogP contribution in [0, 0.1) is 6.92 Å². The highest BCUT2D eigenvalue weighted by atomic mass is 16.6. The van der Waals surface area contributed by atoms with Crippen molar-refractivity contribution in [2.24, 2.45) is 0 Å². The molecule has 0 saturated heterocycles. The van der Waals surface area contributed by atoms with E-state index in [0.29, 0.717) is 6.61 Å². The number of nitrogens with one attached hydrogen (secondary N) is 3. The molecule has 3 amide bonds. The van der Waals surface area contributed by atoms with Crippen LogP contribution in [0.15, 0.2) is 127 Å².